The number of alkyl halides is 1. The molecular formula is C20H21ClFN5O2. The molecule has 1 aromatic carbocycles. The van der Waals surface area contributed by atoms with Crippen molar-refractivity contribution in [3.8, 4) is 11.9 Å². The smallest absolute Gasteiger partial charge is 0.237 e. The van der Waals surface area contributed by atoms with Crippen molar-refractivity contribution in [1.82, 2.24) is 14.9 Å². The molecule has 0 saturated carbocycles. The maximum Gasteiger partial charge on any atom is 0.237 e. The Morgan fingerprint density at radius 2 is 2.07 bits per heavy atom. The fourth-order valence-electron chi connectivity index (χ4n) is 3.23. The predicted octanol–water partition coefficient (Wildman–Crippen LogP) is 2.52. The molecule has 0 N–H and O–H groups in total. The number of nitriles is 1. The Morgan fingerprint density at radius 3 is 2.69 bits per heavy atom. The van der Waals surface area contributed by atoms with Gasteiger partial charge in [-0.25, -0.2) is 14.4 Å². The molecule has 1 aliphatic heterocycles. The molecule has 0 radical (unpaired) electrons. The zero-order valence-electron chi connectivity index (χ0n) is 16.1. The van der Waals surface area contributed by atoms with Gasteiger partial charge in [0.1, 0.15) is 30.4 Å². The van der Waals surface area contributed by atoms with E-state index in [9.17, 15) is 9.18 Å². The molecule has 0 unspecified atom stereocenters. The number of hydrogen-bond donors (Lipinski definition) is 0. The number of piperazine rings is 1. The van der Waals surface area contributed by atoms with Crippen LogP contribution in [0.5, 0.6) is 5.88 Å². The highest BCUT2D eigenvalue weighted by atomic mass is 35.5. The lowest BCUT2D eigenvalue weighted by molar-refractivity contribution is -0.128. The Morgan fingerprint density at radius 1 is 1.31 bits per heavy atom. The van der Waals surface area contributed by atoms with Crippen LogP contribution in [0.1, 0.15) is 23.6 Å². The molecule has 29 heavy (non-hydrogen) atoms. The van der Waals surface area contributed by atoms with Gasteiger partial charge in [-0.05, 0) is 18.6 Å². The summed E-state index contributed by atoms with van der Waals surface area (Å²) in [5.41, 5.74) is 1.44. The fraction of sp³-hybridized carbons (Fsp3) is 0.400. The minimum absolute atomic E-state index is 0.000995. The Labute approximate surface area is 173 Å². The molecule has 1 amide bonds. The van der Waals surface area contributed by atoms with Gasteiger partial charge in [-0.1, -0.05) is 13.0 Å². The number of aromatic nitrogens is 2. The normalized spacial score (nSPS) is 13.9. The fourth-order valence-corrected chi connectivity index (χ4v) is 3.39. The summed E-state index contributed by atoms with van der Waals surface area (Å²) in [7, 11) is 0. The van der Waals surface area contributed by atoms with E-state index in [1.165, 1.54) is 18.5 Å². The lowest BCUT2D eigenvalue weighted by Gasteiger charge is -2.36. The van der Waals surface area contributed by atoms with Gasteiger partial charge in [0.05, 0.1) is 17.2 Å². The van der Waals surface area contributed by atoms with Crippen molar-refractivity contribution in [3.05, 3.63) is 47.0 Å². The van der Waals surface area contributed by atoms with Gasteiger partial charge in [0.25, 0.3) is 0 Å². The molecule has 0 bridgehead atoms. The molecule has 1 fully saturated rings. The van der Waals surface area contributed by atoms with Crippen LogP contribution >= 0.6 is 11.6 Å². The molecule has 0 spiro atoms. The van der Waals surface area contributed by atoms with Crippen LogP contribution in [0.4, 0.5) is 10.2 Å². The minimum atomic E-state index is -0.489. The van der Waals surface area contributed by atoms with E-state index >= 15 is 0 Å². The van der Waals surface area contributed by atoms with E-state index in [1.807, 2.05) is 13.0 Å². The number of carbonyl (C=O) groups is 1. The van der Waals surface area contributed by atoms with E-state index in [-0.39, 0.29) is 24.0 Å². The van der Waals surface area contributed by atoms with E-state index < -0.39 is 5.82 Å². The van der Waals surface area contributed by atoms with Crippen LogP contribution in [-0.4, -0.2) is 52.8 Å². The number of carbonyl (C=O) groups excluding carboxylic acids is 1. The van der Waals surface area contributed by atoms with Gasteiger partial charge < -0.3 is 14.5 Å². The van der Waals surface area contributed by atoms with Crippen LogP contribution in [-0.2, 0) is 17.8 Å². The number of halogens is 2. The minimum Gasteiger partial charge on any atom is -0.472 e. The summed E-state index contributed by atoms with van der Waals surface area (Å²) in [6.45, 7) is 4.40. The molecular weight excluding hydrogens is 397 g/mol. The number of rotatable bonds is 6. The van der Waals surface area contributed by atoms with Crippen molar-refractivity contribution >= 4 is 23.3 Å². The molecule has 1 saturated heterocycles. The lowest BCUT2D eigenvalue weighted by atomic mass is 10.1. The third kappa shape index (κ3) is 4.74. The van der Waals surface area contributed by atoms with E-state index in [1.54, 1.807) is 11.0 Å². The second-order valence-corrected chi connectivity index (χ2v) is 6.81. The highest BCUT2D eigenvalue weighted by Crippen LogP contribution is 2.27. The maximum absolute atomic E-state index is 14.1. The lowest BCUT2D eigenvalue weighted by Crippen LogP contribution is -2.49. The number of anilines is 1. The zero-order chi connectivity index (χ0) is 20.8. The van der Waals surface area contributed by atoms with Crippen molar-refractivity contribution in [2.45, 2.75) is 20.0 Å². The van der Waals surface area contributed by atoms with E-state index in [4.69, 9.17) is 21.6 Å². The van der Waals surface area contributed by atoms with E-state index in [0.717, 1.165) is 11.4 Å². The topological polar surface area (TPSA) is 82.3 Å². The summed E-state index contributed by atoms with van der Waals surface area (Å²) in [4.78, 5) is 24.2. The van der Waals surface area contributed by atoms with Crippen LogP contribution < -0.4 is 9.64 Å². The SMILES string of the molecule is CCc1c(OCc2ccc(C#N)cc2F)ncnc1N1CCN(C(=O)CCl)CC1. The number of nitrogens with zero attached hydrogens (tertiary/aromatic N) is 5. The van der Waals surface area contributed by atoms with Gasteiger partial charge in [0, 0.05) is 31.7 Å². The summed E-state index contributed by atoms with van der Waals surface area (Å²) in [5, 5.41) is 8.85. The monoisotopic (exact) mass is 417 g/mol. The summed E-state index contributed by atoms with van der Waals surface area (Å²) in [6, 6.07) is 6.18. The van der Waals surface area contributed by atoms with Crippen molar-refractivity contribution < 1.29 is 13.9 Å². The predicted molar refractivity (Wildman–Crippen MR) is 106 cm³/mol. The van der Waals surface area contributed by atoms with Gasteiger partial charge in [-0.15, -0.1) is 11.6 Å². The number of ether oxygens (including phenoxy) is 1. The van der Waals surface area contributed by atoms with Crippen LogP contribution in [0.2, 0.25) is 0 Å². The molecule has 2 heterocycles. The Bertz CT molecular complexity index is 926. The standard InChI is InChI=1S/C20H21ClFN5O2/c1-2-16-19(27-7-5-26(6-8-27)18(28)10-21)24-13-25-20(16)29-12-15-4-3-14(11-23)9-17(15)22/h3-4,9,13H,2,5-8,10,12H2,1H3. The number of amides is 1. The Balaban J connectivity index is 1.73. The summed E-state index contributed by atoms with van der Waals surface area (Å²) in [5.74, 6) is 0.586. The molecule has 0 atom stereocenters. The van der Waals surface area contributed by atoms with Crippen molar-refractivity contribution in [1.29, 1.82) is 5.26 Å². The van der Waals surface area contributed by atoms with Crippen LogP contribution in [0.15, 0.2) is 24.5 Å². The average Bonchev–Trinajstić information content (AvgIpc) is 2.77. The second-order valence-electron chi connectivity index (χ2n) is 6.54. The highest BCUT2D eigenvalue weighted by Gasteiger charge is 2.24. The third-order valence-corrected chi connectivity index (χ3v) is 5.06. The largest absolute Gasteiger partial charge is 0.472 e. The first kappa shape index (κ1) is 20.8. The average molecular weight is 418 g/mol. The van der Waals surface area contributed by atoms with Crippen LogP contribution in [0, 0.1) is 17.1 Å². The maximum atomic E-state index is 14.1. The number of benzene rings is 1. The third-order valence-electron chi connectivity index (χ3n) is 4.83. The molecule has 9 heteroatoms. The zero-order valence-corrected chi connectivity index (χ0v) is 16.8. The van der Waals surface area contributed by atoms with Gasteiger partial charge in [0.15, 0.2) is 0 Å². The van der Waals surface area contributed by atoms with Crippen LogP contribution in [0.3, 0.4) is 0 Å². The molecule has 1 aliphatic rings. The van der Waals surface area contributed by atoms with Crippen molar-refractivity contribution in [3.63, 3.8) is 0 Å². The second kappa shape index (κ2) is 9.52. The van der Waals surface area contributed by atoms with Gasteiger partial charge in [-0.3, -0.25) is 4.79 Å². The first-order chi connectivity index (χ1) is 14.1. The summed E-state index contributed by atoms with van der Waals surface area (Å²) >= 11 is 5.64. The van der Waals surface area contributed by atoms with Gasteiger partial charge >= 0.3 is 0 Å². The first-order valence-electron chi connectivity index (χ1n) is 9.31. The molecule has 7 nitrogen and oxygen atoms in total. The van der Waals surface area contributed by atoms with E-state index in [2.05, 4.69) is 14.9 Å². The summed E-state index contributed by atoms with van der Waals surface area (Å²) in [6.07, 6.45) is 2.07. The Kier molecular flexibility index (Phi) is 6.83. The van der Waals surface area contributed by atoms with Gasteiger partial charge in [0.2, 0.25) is 11.8 Å². The van der Waals surface area contributed by atoms with Gasteiger partial charge in [-0.2, -0.15) is 5.26 Å². The van der Waals surface area contributed by atoms with Crippen LogP contribution in [0.25, 0.3) is 0 Å². The molecule has 2 aromatic rings. The highest BCUT2D eigenvalue weighted by molar-refractivity contribution is 6.27. The van der Waals surface area contributed by atoms with Crippen molar-refractivity contribution in [2.24, 2.45) is 0 Å². The molecule has 3 rings (SSSR count). The number of hydrogen-bond acceptors (Lipinski definition) is 6. The first-order valence-corrected chi connectivity index (χ1v) is 9.84. The van der Waals surface area contributed by atoms with E-state index in [0.29, 0.717) is 44.0 Å². The molecule has 1 aromatic heterocycles. The summed E-state index contributed by atoms with van der Waals surface area (Å²) < 4.78 is 19.9. The quantitative estimate of drug-likeness (QED) is 0.672. The Hall–Kier alpha value is -2.92. The van der Waals surface area contributed by atoms with Crippen molar-refractivity contribution in [2.75, 3.05) is 37.0 Å². The molecule has 0 aliphatic carbocycles. The molecule has 152 valence electrons.